The normalized spacial score (nSPS) is 13.2. The lowest BCUT2D eigenvalue weighted by molar-refractivity contribution is 0.0194. The first-order chi connectivity index (χ1) is 13.1. The van der Waals surface area contributed by atoms with Crippen LogP contribution in [0.4, 0.5) is 10.5 Å². The summed E-state index contributed by atoms with van der Waals surface area (Å²) in [5.41, 5.74) is 2.18. The molecule has 2 atom stereocenters. The Morgan fingerprint density at radius 3 is 2.26 bits per heavy atom. The first kappa shape index (κ1) is 20.9. The van der Waals surface area contributed by atoms with E-state index in [0.29, 0.717) is 11.3 Å². The molecule has 6 heteroatoms. The first-order valence-electron chi connectivity index (χ1n) is 9.19. The predicted octanol–water partition coefficient (Wildman–Crippen LogP) is 3.17. The van der Waals surface area contributed by atoms with E-state index in [0.717, 1.165) is 18.7 Å². The fourth-order valence-corrected chi connectivity index (χ4v) is 2.97. The highest BCUT2D eigenvalue weighted by Gasteiger charge is 2.24. The summed E-state index contributed by atoms with van der Waals surface area (Å²) in [5, 5.41) is 22.9. The average Bonchev–Trinajstić information content (AvgIpc) is 2.71. The van der Waals surface area contributed by atoms with Gasteiger partial charge in [0.1, 0.15) is 6.61 Å². The number of carbonyl (C=O) groups excluding carboxylic acids is 1. The summed E-state index contributed by atoms with van der Waals surface area (Å²) in [6.45, 7) is 5.54. The van der Waals surface area contributed by atoms with E-state index >= 15 is 0 Å². The van der Waals surface area contributed by atoms with Crippen LogP contribution in [0.2, 0.25) is 0 Å². The zero-order valence-corrected chi connectivity index (χ0v) is 15.8. The molecule has 0 spiro atoms. The van der Waals surface area contributed by atoms with E-state index in [4.69, 9.17) is 4.74 Å². The van der Waals surface area contributed by atoms with Crippen LogP contribution in [0.5, 0.6) is 0 Å². The van der Waals surface area contributed by atoms with E-state index in [1.165, 1.54) is 0 Å². The monoisotopic (exact) mass is 372 g/mol. The Bertz CT molecular complexity index is 687. The maximum Gasteiger partial charge on any atom is 0.411 e. The summed E-state index contributed by atoms with van der Waals surface area (Å²) in [4.78, 5) is 13.9. The Morgan fingerprint density at radius 1 is 1.07 bits per heavy atom. The minimum Gasteiger partial charge on any atom is -0.444 e. The van der Waals surface area contributed by atoms with Crippen LogP contribution in [0, 0.1) is 0 Å². The number of likely N-dealkylation sites (N-methyl/N-ethyl adjacent to an activating group) is 1. The Hall–Kier alpha value is -2.41. The van der Waals surface area contributed by atoms with Gasteiger partial charge in [-0.1, -0.05) is 56.3 Å². The fourth-order valence-electron chi connectivity index (χ4n) is 2.97. The number of hydrogen-bond donors (Lipinski definition) is 3. The molecule has 146 valence electrons. The van der Waals surface area contributed by atoms with Crippen LogP contribution in [0.15, 0.2) is 54.6 Å². The third-order valence-corrected chi connectivity index (χ3v) is 4.54. The molecule has 2 aromatic carbocycles. The predicted molar refractivity (Wildman–Crippen MR) is 105 cm³/mol. The summed E-state index contributed by atoms with van der Waals surface area (Å²) >= 11 is 0. The average molecular weight is 372 g/mol. The number of nitrogens with zero attached hydrogens (tertiary/aromatic N) is 1. The van der Waals surface area contributed by atoms with Crippen LogP contribution < -0.4 is 5.32 Å². The van der Waals surface area contributed by atoms with E-state index in [1.807, 2.05) is 49.1 Å². The van der Waals surface area contributed by atoms with Gasteiger partial charge in [0.2, 0.25) is 0 Å². The smallest absolute Gasteiger partial charge is 0.411 e. The number of amides is 1. The van der Waals surface area contributed by atoms with Crippen molar-refractivity contribution in [3.05, 3.63) is 65.7 Å². The number of nitrogens with one attached hydrogen (secondary N) is 1. The summed E-state index contributed by atoms with van der Waals surface area (Å²) in [6.07, 6.45) is -1.35. The molecule has 0 fully saturated rings. The van der Waals surface area contributed by atoms with Crippen molar-refractivity contribution in [3.8, 4) is 0 Å². The Balaban J connectivity index is 1.92. The van der Waals surface area contributed by atoms with Gasteiger partial charge in [-0.25, -0.2) is 4.79 Å². The van der Waals surface area contributed by atoms with Gasteiger partial charge in [-0.15, -0.1) is 0 Å². The fraction of sp³-hybridized carbons (Fsp3) is 0.381. The molecule has 2 rings (SSSR count). The second-order valence-electron chi connectivity index (χ2n) is 6.22. The molecule has 0 aliphatic rings. The van der Waals surface area contributed by atoms with Crippen molar-refractivity contribution in [2.75, 3.05) is 25.0 Å². The van der Waals surface area contributed by atoms with Crippen molar-refractivity contribution < 1.29 is 19.7 Å². The van der Waals surface area contributed by atoms with Crippen LogP contribution in [0.25, 0.3) is 0 Å². The number of ether oxygens (including phenoxy) is 1. The summed E-state index contributed by atoms with van der Waals surface area (Å²) in [7, 11) is 0. The van der Waals surface area contributed by atoms with Crippen molar-refractivity contribution in [1.82, 2.24) is 4.90 Å². The number of anilines is 1. The highest BCUT2D eigenvalue weighted by atomic mass is 16.5. The van der Waals surface area contributed by atoms with Gasteiger partial charge in [-0.3, -0.25) is 10.2 Å². The lowest BCUT2D eigenvalue weighted by Gasteiger charge is -2.32. The van der Waals surface area contributed by atoms with Gasteiger partial charge >= 0.3 is 6.09 Å². The second-order valence-corrected chi connectivity index (χ2v) is 6.22. The Labute approximate surface area is 160 Å². The molecule has 0 saturated heterocycles. The zero-order valence-electron chi connectivity index (χ0n) is 15.8. The number of aliphatic hydroxyl groups excluding tert-OH is 2. The van der Waals surface area contributed by atoms with E-state index in [-0.39, 0.29) is 19.3 Å². The minimum absolute atomic E-state index is 0.130. The highest BCUT2D eigenvalue weighted by molar-refractivity contribution is 5.84. The number of aliphatic hydroxyl groups is 2. The standard InChI is InChI=1S/C21H28N2O4/c1-3-23(4-2)19(14-24)20(25)17-10-12-18(13-11-17)22-21(26)27-15-16-8-6-5-7-9-16/h5-13,19-20,24-25H,3-4,14-15H2,1-2H3,(H,22,26)/t19-,20+/m1/s1. The lowest BCUT2D eigenvalue weighted by atomic mass is 10.0. The maximum atomic E-state index is 11.9. The molecule has 27 heavy (non-hydrogen) atoms. The van der Waals surface area contributed by atoms with Gasteiger partial charge in [0.25, 0.3) is 0 Å². The van der Waals surface area contributed by atoms with Gasteiger partial charge in [0.05, 0.1) is 18.8 Å². The molecular formula is C21H28N2O4. The zero-order chi connectivity index (χ0) is 19.6. The molecule has 0 unspecified atom stereocenters. The van der Waals surface area contributed by atoms with Gasteiger partial charge in [0.15, 0.2) is 0 Å². The molecule has 3 N–H and O–H groups in total. The molecule has 2 aromatic rings. The van der Waals surface area contributed by atoms with E-state index in [9.17, 15) is 15.0 Å². The third kappa shape index (κ3) is 6.06. The molecule has 1 amide bonds. The van der Waals surface area contributed by atoms with Gasteiger partial charge in [-0.05, 0) is 36.3 Å². The van der Waals surface area contributed by atoms with Crippen LogP contribution in [-0.2, 0) is 11.3 Å². The van der Waals surface area contributed by atoms with Crippen molar-refractivity contribution in [2.24, 2.45) is 0 Å². The number of carbonyl (C=O) groups is 1. The van der Waals surface area contributed by atoms with Gasteiger partial charge in [0, 0.05) is 5.69 Å². The molecule has 0 saturated carbocycles. The van der Waals surface area contributed by atoms with Crippen molar-refractivity contribution in [1.29, 1.82) is 0 Å². The number of hydrogen-bond acceptors (Lipinski definition) is 5. The molecule has 0 bridgehead atoms. The number of benzene rings is 2. The van der Waals surface area contributed by atoms with Crippen molar-refractivity contribution >= 4 is 11.8 Å². The molecule has 0 radical (unpaired) electrons. The quantitative estimate of drug-likeness (QED) is 0.630. The van der Waals surface area contributed by atoms with Crippen molar-refractivity contribution in [3.63, 3.8) is 0 Å². The summed E-state index contributed by atoms with van der Waals surface area (Å²) in [6, 6.07) is 16.0. The van der Waals surface area contributed by atoms with E-state index in [2.05, 4.69) is 5.32 Å². The molecule has 0 aromatic heterocycles. The summed E-state index contributed by atoms with van der Waals surface area (Å²) in [5.74, 6) is 0. The molecule has 0 aliphatic heterocycles. The maximum absolute atomic E-state index is 11.9. The molecule has 0 heterocycles. The topological polar surface area (TPSA) is 82.0 Å². The minimum atomic E-state index is -0.811. The number of rotatable bonds is 9. The van der Waals surface area contributed by atoms with Gasteiger partial charge < -0.3 is 14.9 Å². The van der Waals surface area contributed by atoms with Crippen LogP contribution in [-0.4, -0.2) is 46.9 Å². The largest absolute Gasteiger partial charge is 0.444 e. The highest BCUT2D eigenvalue weighted by Crippen LogP contribution is 2.22. The van der Waals surface area contributed by atoms with E-state index in [1.54, 1.807) is 24.3 Å². The van der Waals surface area contributed by atoms with Crippen LogP contribution in [0.3, 0.4) is 0 Å². The second kappa shape index (κ2) is 10.7. The van der Waals surface area contributed by atoms with Crippen molar-refractivity contribution in [2.45, 2.75) is 32.6 Å². The van der Waals surface area contributed by atoms with Crippen LogP contribution in [0.1, 0.15) is 31.1 Å². The van der Waals surface area contributed by atoms with Crippen LogP contribution >= 0.6 is 0 Å². The third-order valence-electron chi connectivity index (χ3n) is 4.54. The lowest BCUT2D eigenvalue weighted by Crippen LogP contribution is -2.42. The van der Waals surface area contributed by atoms with E-state index < -0.39 is 12.2 Å². The molecular weight excluding hydrogens is 344 g/mol. The summed E-state index contributed by atoms with van der Waals surface area (Å²) < 4.78 is 5.19. The SMILES string of the molecule is CCN(CC)[C@H](CO)[C@@H](O)c1ccc(NC(=O)OCc2ccccc2)cc1. The molecule has 0 aliphatic carbocycles. The Morgan fingerprint density at radius 2 is 1.70 bits per heavy atom. The first-order valence-corrected chi connectivity index (χ1v) is 9.19. The van der Waals surface area contributed by atoms with Gasteiger partial charge in [-0.2, -0.15) is 0 Å². The Kier molecular flexibility index (Phi) is 8.26. The molecule has 6 nitrogen and oxygen atoms in total.